The maximum atomic E-state index is 10.1. The van der Waals surface area contributed by atoms with E-state index in [0.717, 1.165) is 25.1 Å². The molecule has 0 saturated carbocycles. The molecule has 1 aliphatic rings. The van der Waals surface area contributed by atoms with Gasteiger partial charge in [0.2, 0.25) is 0 Å². The highest BCUT2D eigenvalue weighted by Gasteiger charge is 2.18. The normalized spacial score (nSPS) is 15.6. The molecule has 1 N–H and O–H groups in total. The molecule has 5 heteroatoms. The van der Waals surface area contributed by atoms with Gasteiger partial charge in [0.25, 0.3) is 0 Å². The first kappa shape index (κ1) is 20.2. The van der Waals surface area contributed by atoms with Crippen molar-refractivity contribution in [1.29, 1.82) is 0 Å². The SMILES string of the molecule is OC(CO/N=C/C=C/c1ccccc1)CN1CCc2ccccc2C1.[Cl-]. The highest BCUT2D eigenvalue weighted by Crippen LogP contribution is 2.18. The molecular weight excluding hydrogens is 348 g/mol. The first-order valence-corrected chi connectivity index (χ1v) is 8.65. The molecule has 1 aliphatic heterocycles. The zero-order valence-electron chi connectivity index (χ0n) is 14.7. The second-order valence-corrected chi connectivity index (χ2v) is 6.23. The van der Waals surface area contributed by atoms with Crippen molar-refractivity contribution in [1.82, 2.24) is 4.90 Å². The van der Waals surface area contributed by atoms with E-state index in [2.05, 4.69) is 34.3 Å². The molecule has 1 unspecified atom stereocenters. The number of oxime groups is 1. The zero-order valence-corrected chi connectivity index (χ0v) is 15.4. The van der Waals surface area contributed by atoms with Crippen LogP contribution < -0.4 is 12.4 Å². The number of rotatable bonds is 7. The van der Waals surface area contributed by atoms with Crippen molar-refractivity contribution >= 4 is 12.3 Å². The molecule has 1 atom stereocenters. The Hall–Kier alpha value is -2.14. The quantitative estimate of drug-likeness (QED) is 0.555. The fraction of sp³-hybridized carbons (Fsp3) is 0.286. The number of nitrogens with zero attached hydrogens (tertiary/aromatic N) is 2. The number of fused-ring (bicyclic) bond motifs is 1. The van der Waals surface area contributed by atoms with Gasteiger partial charge in [-0.05, 0) is 29.2 Å². The van der Waals surface area contributed by atoms with E-state index in [0.29, 0.717) is 6.54 Å². The monoisotopic (exact) mass is 371 g/mol. The topological polar surface area (TPSA) is 45.1 Å². The Balaban J connectivity index is 0.00000243. The van der Waals surface area contributed by atoms with Gasteiger partial charge in [0.15, 0.2) is 0 Å². The lowest BCUT2D eigenvalue weighted by Crippen LogP contribution is -3.00. The summed E-state index contributed by atoms with van der Waals surface area (Å²) >= 11 is 0. The standard InChI is InChI=1S/C21H24N2O2.ClH/c24-21(16-23-14-12-19-10-4-5-11-20(19)15-23)17-25-22-13-6-9-18-7-2-1-3-8-18;/h1-11,13,21,24H,12,14-17H2;1H/p-1/b9-6+,22-13+;. The number of benzene rings is 2. The molecule has 0 amide bonds. The third-order valence-electron chi connectivity index (χ3n) is 4.26. The summed E-state index contributed by atoms with van der Waals surface area (Å²) in [6, 6.07) is 18.5. The van der Waals surface area contributed by atoms with Gasteiger partial charge in [-0.25, -0.2) is 0 Å². The van der Waals surface area contributed by atoms with Crippen molar-refractivity contribution < 1.29 is 22.4 Å². The Morgan fingerprint density at radius 3 is 2.62 bits per heavy atom. The van der Waals surface area contributed by atoms with Crippen molar-refractivity contribution in [3.05, 3.63) is 77.4 Å². The molecule has 2 aromatic carbocycles. The summed E-state index contributed by atoms with van der Waals surface area (Å²) in [5.74, 6) is 0. The average molecular weight is 372 g/mol. The lowest BCUT2D eigenvalue weighted by molar-refractivity contribution is -0.00000974. The Morgan fingerprint density at radius 1 is 1.08 bits per heavy atom. The van der Waals surface area contributed by atoms with E-state index in [1.165, 1.54) is 11.1 Å². The van der Waals surface area contributed by atoms with Crippen LogP contribution in [0.3, 0.4) is 0 Å². The third-order valence-corrected chi connectivity index (χ3v) is 4.26. The first-order valence-electron chi connectivity index (χ1n) is 8.65. The van der Waals surface area contributed by atoms with Crippen LogP contribution in [0.15, 0.2) is 65.8 Å². The molecule has 0 aromatic heterocycles. The second kappa shape index (κ2) is 10.8. The molecule has 0 spiro atoms. The molecule has 0 aliphatic carbocycles. The molecule has 26 heavy (non-hydrogen) atoms. The molecule has 0 fully saturated rings. The minimum Gasteiger partial charge on any atom is -1.00 e. The Bertz CT molecular complexity index is 719. The molecule has 1 heterocycles. The van der Waals surface area contributed by atoms with Crippen LogP contribution in [-0.4, -0.2) is 42.0 Å². The third kappa shape index (κ3) is 6.30. The Kier molecular flexibility index (Phi) is 8.35. The van der Waals surface area contributed by atoms with Crippen molar-refractivity contribution in [3.8, 4) is 0 Å². The van der Waals surface area contributed by atoms with Gasteiger partial charge in [0.1, 0.15) is 12.7 Å². The van der Waals surface area contributed by atoms with Crippen LogP contribution in [0.4, 0.5) is 0 Å². The number of hydrogen-bond donors (Lipinski definition) is 1. The van der Waals surface area contributed by atoms with E-state index >= 15 is 0 Å². The molecule has 138 valence electrons. The van der Waals surface area contributed by atoms with Crippen LogP contribution in [0.5, 0.6) is 0 Å². The largest absolute Gasteiger partial charge is 1.00 e. The fourth-order valence-electron chi connectivity index (χ4n) is 2.99. The summed E-state index contributed by atoms with van der Waals surface area (Å²) < 4.78 is 0. The van der Waals surface area contributed by atoms with E-state index in [-0.39, 0.29) is 19.0 Å². The average Bonchev–Trinajstić information content (AvgIpc) is 2.65. The van der Waals surface area contributed by atoms with Gasteiger partial charge in [0, 0.05) is 19.6 Å². The maximum Gasteiger partial charge on any atom is 0.144 e. The Morgan fingerprint density at radius 2 is 1.81 bits per heavy atom. The Labute approximate surface area is 161 Å². The maximum absolute atomic E-state index is 10.1. The number of hydrogen-bond acceptors (Lipinski definition) is 4. The molecule has 4 nitrogen and oxygen atoms in total. The van der Waals surface area contributed by atoms with Gasteiger partial charge >= 0.3 is 0 Å². The molecular formula is C21H24ClN2O2-. The van der Waals surface area contributed by atoms with Crippen LogP contribution in [0.25, 0.3) is 6.08 Å². The minimum atomic E-state index is -0.541. The van der Waals surface area contributed by atoms with Crippen LogP contribution >= 0.6 is 0 Å². The number of aliphatic hydroxyl groups is 1. The van der Waals surface area contributed by atoms with Crippen molar-refractivity contribution in [3.63, 3.8) is 0 Å². The number of allylic oxidation sites excluding steroid dienone is 1. The smallest absolute Gasteiger partial charge is 0.144 e. The van der Waals surface area contributed by atoms with E-state index < -0.39 is 6.10 Å². The summed E-state index contributed by atoms with van der Waals surface area (Å²) in [7, 11) is 0. The molecule has 0 bridgehead atoms. The van der Waals surface area contributed by atoms with E-state index in [4.69, 9.17) is 4.84 Å². The molecule has 0 radical (unpaired) electrons. The first-order chi connectivity index (χ1) is 12.3. The van der Waals surface area contributed by atoms with Crippen LogP contribution in [0.2, 0.25) is 0 Å². The molecule has 0 saturated heterocycles. The summed E-state index contributed by atoms with van der Waals surface area (Å²) in [6.07, 6.45) is 5.86. The van der Waals surface area contributed by atoms with Crippen molar-refractivity contribution in [2.45, 2.75) is 19.1 Å². The van der Waals surface area contributed by atoms with Gasteiger partial charge in [-0.3, -0.25) is 4.90 Å². The predicted molar refractivity (Wildman–Crippen MR) is 101 cm³/mol. The van der Waals surface area contributed by atoms with Crippen molar-refractivity contribution in [2.75, 3.05) is 19.7 Å². The zero-order chi connectivity index (χ0) is 17.3. The van der Waals surface area contributed by atoms with E-state index in [1.807, 2.05) is 42.5 Å². The molecule has 2 aromatic rings. The number of β-amino-alcohol motifs (C(OH)–C–C–N with tert-alkyl or cyclic N) is 1. The highest BCUT2D eigenvalue weighted by atomic mass is 35.5. The van der Waals surface area contributed by atoms with Gasteiger partial charge < -0.3 is 22.4 Å². The van der Waals surface area contributed by atoms with Gasteiger partial charge in [-0.1, -0.05) is 65.8 Å². The fourth-order valence-corrected chi connectivity index (χ4v) is 2.99. The lowest BCUT2D eigenvalue weighted by atomic mass is 10.00. The van der Waals surface area contributed by atoms with Crippen LogP contribution in [0, 0.1) is 0 Å². The summed E-state index contributed by atoms with van der Waals surface area (Å²) in [5.41, 5.74) is 3.88. The summed E-state index contributed by atoms with van der Waals surface area (Å²) in [5, 5.41) is 14.0. The van der Waals surface area contributed by atoms with Crippen LogP contribution in [0.1, 0.15) is 16.7 Å². The number of halogens is 1. The van der Waals surface area contributed by atoms with Crippen molar-refractivity contribution in [2.24, 2.45) is 5.16 Å². The van der Waals surface area contributed by atoms with Gasteiger partial charge in [-0.15, -0.1) is 0 Å². The van der Waals surface area contributed by atoms with E-state index in [9.17, 15) is 5.11 Å². The van der Waals surface area contributed by atoms with Crippen LogP contribution in [-0.2, 0) is 17.8 Å². The number of aliphatic hydroxyl groups excluding tert-OH is 1. The van der Waals surface area contributed by atoms with Gasteiger partial charge in [-0.2, -0.15) is 0 Å². The molecule has 3 rings (SSSR count). The summed E-state index contributed by atoms with van der Waals surface area (Å²) in [4.78, 5) is 7.45. The predicted octanol–water partition coefficient (Wildman–Crippen LogP) is 0.125. The summed E-state index contributed by atoms with van der Waals surface area (Å²) in [6.45, 7) is 2.66. The second-order valence-electron chi connectivity index (χ2n) is 6.23. The van der Waals surface area contributed by atoms with E-state index in [1.54, 1.807) is 6.21 Å². The lowest BCUT2D eigenvalue weighted by Gasteiger charge is -2.29. The van der Waals surface area contributed by atoms with Gasteiger partial charge in [0.05, 0.1) is 6.21 Å². The minimum absolute atomic E-state index is 0. The highest BCUT2D eigenvalue weighted by molar-refractivity contribution is 5.77.